The summed E-state index contributed by atoms with van der Waals surface area (Å²) in [5.74, 6) is -0.470. The molecule has 1 saturated carbocycles. The van der Waals surface area contributed by atoms with Gasteiger partial charge in [-0.05, 0) is 58.6 Å². The van der Waals surface area contributed by atoms with Crippen molar-refractivity contribution < 1.29 is 18.0 Å². The molecule has 0 radical (unpaired) electrons. The van der Waals surface area contributed by atoms with Crippen molar-refractivity contribution in [2.75, 3.05) is 25.6 Å². The van der Waals surface area contributed by atoms with E-state index in [2.05, 4.69) is 36.2 Å². The van der Waals surface area contributed by atoms with Gasteiger partial charge in [0, 0.05) is 43.4 Å². The predicted octanol–water partition coefficient (Wildman–Crippen LogP) is 1.97. The maximum absolute atomic E-state index is 13.4. The van der Waals surface area contributed by atoms with Crippen LogP contribution in [0.3, 0.4) is 0 Å². The molecule has 0 spiro atoms. The number of amides is 2. The van der Waals surface area contributed by atoms with Crippen LogP contribution in [0.5, 0.6) is 0 Å². The van der Waals surface area contributed by atoms with Crippen molar-refractivity contribution in [1.29, 1.82) is 0 Å². The smallest absolute Gasteiger partial charge is 0.270 e. The number of hydrogen-bond donors (Lipinski definition) is 1. The van der Waals surface area contributed by atoms with E-state index in [4.69, 9.17) is 0 Å². The summed E-state index contributed by atoms with van der Waals surface area (Å²) in [6.45, 7) is 10.9. The summed E-state index contributed by atoms with van der Waals surface area (Å²) in [5.41, 5.74) is 1.05. The Morgan fingerprint density at radius 3 is 2.46 bits per heavy atom. The average Bonchev–Trinajstić information content (AvgIpc) is 3.29. The first-order chi connectivity index (χ1) is 16.1. The zero-order valence-corrected chi connectivity index (χ0v) is 23.4. The number of aryl methyl sites for hydroxylation is 1. The number of nitrogens with zero attached hydrogens (tertiary/aromatic N) is 4. The Hall–Kier alpha value is -1.94. The largest absolute Gasteiger partial charge is 0.339 e. The van der Waals surface area contributed by atoms with E-state index in [1.165, 1.54) is 6.26 Å². The number of hydrogen-bond acceptors (Lipinski definition) is 6. The molecular formula is C25H43N5O4S. The highest BCUT2D eigenvalue weighted by Gasteiger charge is 2.44. The Morgan fingerprint density at radius 1 is 1.26 bits per heavy atom. The van der Waals surface area contributed by atoms with E-state index >= 15 is 0 Å². The van der Waals surface area contributed by atoms with Crippen molar-refractivity contribution in [3.05, 3.63) is 17.5 Å². The van der Waals surface area contributed by atoms with Crippen LogP contribution in [0.1, 0.15) is 76.5 Å². The zero-order chi connectivity index (χ0) is 26.3. The van der Waals surface area contributed by atoms with Crippen molar-refractivity contribution in [1.82, 2.24) is 24.9 Å². The fraction of sp³-hybridized carbons (Fsp3) is 0.800. The summed E-state index contributed by atoms with van der Waals surface area (Å²) in [5, 5.41) is 7.37. The van der Waals surface area contributed by atoms with Crippen molar-refractivity contribution in [2.24, 2.45) is 13.0 Å². The van der Waals surface area contributed by atoms with Crippen molar-refractivity contribution in [3.8, 4) is 0 Å². The van der Waals surface area contributed by atoms with Crippen LogP contribution in [-0.2, 0) is 27.1 Å². The molecule has 3 rings (SSSR count). The lowest BCUT2D eigenvalue weighted by Gasteiger charge is -2.44. The zero-order valence-electron chi connectivity index (χ0n) is 22.5. The van der Waals surface area contributed by atoms with E-state index in [-0.39, 0.29) is 34.9 Å². The number of rotatable bonds is 7. The van der Waals surface area contributed by atoms with E-state index in [1.807, 2.05) is 25.7 Å². The topological polar surface area (TPSA) is 105 Å². The molecule has 1 N–H and O–H groups in total. The highest BCUT2D eigenvalue weighted by atomic mass is 32.2. The van der Waals surface area contributed by atoms with Crippen molar-refractivity contribution in [2.45, 2.75) is 89.9 Å². The molecule has 2 heterocycles. The lowest BCUT2D eigenvalue weighted by Crippen LogP contribution is -2.53. The Labute approximate surface area is 210 Å². The van der Waals surface area contributed by atoms with Crippen LogP contribution in [0.15, 0.2) is 6.07 Å². The van der Waals surface area contributed by atoms with Crippen LogP contribution in [0, 0.1) is 5.92 Å². The normalized spacial score (nSPS) is 26.1. The number of sulfone groups is 1. The van der Waals surface area contributed by atoms with Gasteiger partial charge < -0.3 is 15.1 Å². The molecule has 1 unspecified atom stereocenters. The summed E-state index contributed by atoms with van der Waals surface area (Å²) in [6, 6.07) is 1.72. The molecule has 0 bridgehead atoms. The second-order valence-corrected chi connectivity index (χ2v) is 14.0. The Balaban J connectivity index is 1.72. The van der Waals surface area contributed by atoms with Gasteiger partial charge in [0.25, 0.3) is 5.91 Å². The molecule has 1 aromatic heterocycles. The van der Waals surface area contributed by atoms with Crippen LogP contribution in [0.2, 0.25) is 0 Å². The van der Waals surface area contributed by atoms with Gasteiger partial charge in [-0.1, -0.05) is 20.8 Å². The SMILES string of the molecule is CC(C)N(C)[C@@H]1CC[C@H](N2CCC(NC(=O)c3cc(C(C)(C)C)nn3C)C2=O)[C@H](CS(C)(=O)=O)C1. The second-order valence-electron chi connectivity index (χ2n) is 11.8. The lowest BCUT2D eigenvalue weighted by atomic mass is 9.81. The Bertz CT molecular complexity index is 1040. The second kappa shape index (κ2) is 10.2. The third-order valence-corrected chi connectivity index (χ3v) is 8.68. The molecular weight excluding hydrogens is 466 g/mol. The Kier molecular flexibility index (Phi) is 8.06. The monoisotopic (exact) mass is 509 g/mol. The van der Waals surface area contributed by atoms with E-state index in [0.29, 0.717) is 30.7 Å². The minimum Gasteiger partial charge on any atom is -0.339 e. The van der Waals surface area contributed by atoms with Crippen LogP contribution in [-0.4, -0.2) is 89.6 Å². The summed E-state index contributed by atoms with van der Waals surface area (Å²) >= 11 is 0. The fourth-order valence-corrected chi connectivity index (χ4v) is 6.57. The van der Waals surface area contributed by atoms with Crippen LogP contribution in [0.25, 0.3) is 0 Å². The van der Waals surface area contributed by atoms with Gasteiger partial charge in [0.1, 0.15) is 21.6 Å². The minimum atomic E-state index is -3.19. The molecule has 1 aromatic rings. The first kappa shape index (κ1) is 27.6. The molecule has 4 atom stereocenters. The van der Waals surface area contributed by atoms with Gasteiger partial charge in [-0.3, -0.25) is 14.3 Å². The third kappa shape index (κ3) is 6.44. The summed E-state index contributed by atoms with van der Waals surface area (Å²) < 4.78 is 26.0. The molecule has 1 aliphatic carbocycles. The van der Waals surface area contributed by atoms with Crippen molar-refractivity contribution >= 4 is 21.7 Å². The molecule has 198 valence electrons. The van der Waals surface area contributed by atoms with Gasteiger partial charge in [-0.25, -0.2) is 8.42 Å². The van der Waals surface area contributed by atoms with Gasteiger partial charge in [0.2, 0.25) is 5.91 Å². The highest BCUT2D eigenvalue weighted by molar-refractivity contribution is 7.90. The molecule has 2 aliphatic rings. The predicted molar refractivity (Wildman–Crippen MR) is 137 cm³/mol. The van der Waals surface area contributed by atoms with Crippen LogP contribution >= 0.6 is 0 Å². The molecule has 1 saturated heterocycles. The number of nitrogens with one attached hydrogen (secondary N) is 1. The summed E-state index contributed by atoms with van der Waals surface area (Å²) in [7, 11) is 0.626. The molecule has 2 fully saturated rings. The summed E-state index contributed by atoms with van der Waals surface area (Å²) in [4.78, 5) is 30.5. The van der Waals surface area contributed by atoms with E-state index in [1.54, 1.807) is 17.8 Å². The molecule has 0 aromatic carbocycles. The lowest BCUT2D eigenvalue weighted by molar-refractivity contribution is -0.133. The molecule has 1 aliphatic heterocycles. The third-order valence-electron chi connectivity index (χ3n) is 7.65. The molecule has 2 amide bonds. The van der Waals surface area contributed by atoms with Gasteiger partial charge in [-0.2, -0.15) is 5.10 Å². The Morgan fingerprint density at radius 2 is 1.91 bits per heavy atom. The molecule has 9 nitrogen and oxygen atoms in total. The number of aromatic nitrogens is 2. The number of likely N-dealkylation sites (tertiary alicyclic amines) is 1. The minimum absolute atomic E-state index is 0.0749. The van der Waals surface area contributed by atoms with E-state index in [9.17, 15) is 18.0 Å². The van der Waals surface area contributed by atoms with E-state index in [0.717, 1.165) is 25.0 Å². The average molecular weight is 510 g/mol. The first-order valence-corrected chi connectivity index (χ1v) is 14.7. The van der Waals surface area contributed by atoms with Crippen LogP contribution in [0.4, 0.5) is 0 Å². The molecule has 10 heteroatoms. The highest BCUT2D eigenvalue weighted by Crippen LogP contribution is 2.35. The quantitative estimate of drug-likeness (QED) is 0.603. The summed E-state index contributed by atoms with van der Waals surface area (Å²) in [6.07, 6.45) is 4.23. The number of carbonyl (C=O) groups excluding carboxylic acids is 2. The standard InChI is InChI=1S/C25H43N5O4S/c1-16(2)28(6)18-9-10-20(17(13-18)15-35(8,33)34)30-12-11-19(24(30)32)26-23(31)21-14-22(25(3,4)5)27-29(21)7/h14,16-20H,9-13,15H2,1-8H3,(H,26,31)/t17-,18+,19?,20-/m0/s1. The van der Waals surface area contributed by atoms with Crippen molar-refractivity contribution in [3.63, 3.8) is 0 Å². The maximum Gasteiger partial charge on any atom is 0.270 e. The first-order valence-electron chi connectivity index (χ1n) is 12.6. The van der Waals surface area contributed by atoms with Gasteiger partial charge in [0.05, 0.1) is 11.4 Å². The van der Waals surface area contributed by atoms with E-state index < -0.39 is 15.9 Å². The van der Waals surface area contributed by atoms with Gasteiger partial charge in [-0.15, -0.1) is 0 Å². The molecule has 35 heavy (non-hydrogen) atoms. The maximum atomic E-state index is 13.4. The fourth-order valence-electron chi connectivity index (χ4n) is 5.44. The van der Waals surface area contributed by atoms with Gasteiger partial charge >= 0.3 is 0 Å². The van der Waals surface area contributed by atoms with Gasteiger partial charge in [0.15, 0.2) is 0 Å². The van der Waals surface area contributed by atoms with Crippen LogP contribution < -0.4 is 5.32 Å². The number of carbonyl (C=O) groups is 2.